The van der Waals surface area contributed by atoms with Gasteiger partial charge in [0, 0.05) is 17.4 Å². The first kappa shape index (κ1) is 23.2. The van der Waals surface area contributed by atoms with Crippen molar-refractivity contribution in [2.45, 2.75) is 15.0 Å². The molecule has 0 saturated heterocycles. The Labute approximate surface area is 194 Å². The Bertz CT molecular complexity index is 1530. The lowest BCUT2D eigenvalue weighted by atomic mass is 10.1. The lowest BCUT2D eigenvalue weighted by Gasteiger charge is -2.08. The zero-order chi connectivity index (χ0) is 23.8. The summed E-state index contributed by atoms with van der Waals surface area (Å²) in [7, 11) is -7.57. The Morgan fingerprint density at radius 1 is 0.818 bits per heavy atom. The molecule has 3 aromatic carbocycles. The number of hydrogen-bond donors (Lipinski definition) is 0. The Morgan fingerprint density at radius 3 is 2.00 bits per heavy atom. The molecule has 10 heteroatoms. The topological polar surface area (TPSA) is 81.2 Å². The highest BCUT2D eigenvalue weighted by atomic mass is 32.2. The van der Waals surface area contributed by atoms with Crippen molar-refractivity contribution in [3.05, 3.63) is 90.0 Å². The average molecular weight is 506 g/mol. The number of benzene rings is 3. The predicted octanol–water partition coefficient (Wildman–Crippen LogP) is 5.13. The van der Waals surface area contributed by atoms with Gasteiger partial charge in [-0.1, -0.05) is 30.3 Å². The van der Waals surface area contributed by atoms with Crippen LogP contribution in [0.2, 0.25) is 0 Å². The van der Waals surface area contributed by atoms with Gasteiger partial charge in [0.2, 0.25) is 14.2 Å². The molecular weight excluding hydrogens is 488 g/mol. The van der Waals surface area contributed by atoms with Crippen molar-refractivity contribution in [1.82, 2.24) is 4.98 Å². The molecule has 0 unspecified atom stereocenters. The van der Waals surface area contributed by atoms with E-state index in [0.717, 1.165) is 17.6 Å². The van der Waals surface area contributed by atoms with Gasteiger partial charge in [0.25, 0.3) is 0 Å². The zero-order valence-electron chi connectivity index (χ0n) is 17.2. The van der Waals surface area contributed by atoms with Crippen LogP contribution >= 0.6 is 11.3 Å². The highest BCUT2D eigenvalue weighted by molar-refractivity contribution is 7.92. The molecule has 0 aliphatic heterocycles. The predicted molar refractivity (Wildman–Crippen MR) is 123 cm³/mol. The maximum absolute atomic E-state index is 13.5. The SMILES string of the molecule is CS(=O)(=O)c1ccccc1-c1sc(S(=O)(=O)Cc2ccc(F)cc2)nc1-c1ccc(F)cc1. The van der Waals surface area contributed by atoms with E-state index in [1.54, 1.807) is 18.2 Å². The number of thiazole rings is 1. The molecule has 1 heterocycles. The van der Waals surface area contributed by atoms with E-state index in [0.29, 0.717) is 21.6 Å². The van der Waals surface area contributed by atoms with Crippen molar-refractivity contribution < 1.29 is 25.6 Å². The van der Waals surface area contributed by atoms with Gasteiger partial charge >= 0.3 is 0 Å². The van der Waals surface area contributed by atoms with Crippen LogP contribution in [0.4, 0.5) is 8.78 Å². The van der Waals surface area contributed by atoms with E-state index >= 15 is 0 Å². The molecule has 0 saturated carbocycles. The van der Waals surface area contributed by atoms with Gasteiger partial charge in [-0.05, 0) is 48.0 Å². The first-order chi connectivity index (χ1) is 15.5. The molecule has 0 atom stereocenters. The van der Waals surface area contributed by atoms with Crippen LogP contribution in [0.25, 0.3) is 21.7 Å². The molecule has 4 rings (SSSR count). The van der Waals surface area contributed by atoms with Crippen LogP contribution in [0.5, 0.6) is 0 Å². The summed E-state index contributed by atoms with van der Waals surface area (Å²) >= 11 is 0.840. The smallest absolute Gasteiger partial charge is 0.210 e. The third kappa shape index (κ3) is 5.02. The van der Waals surface area contributed by atoms with Gasteiger partial charge in [-0.3, -0.25) is 0 Å². The van der Waals surface area contributed by atoms with Gasteiger partial charge in [0.1, 0.15) is 11.6 Å². The van der Waals surface area contributed by atoms with Gasteiger partial charge in [0.05, 0.1) is 21.2 Å². The molecule has 0 fully saturated rings. The van der Waals surface area contributed by atoms with Crippen LogP contribution < -0.4 is 0 Å². The molecule has 0 aliphatic carbocycles. The second-order valence-corrected chi connectivity index (χ2v) is 12.5. The molecule has 4 aromatic rings. The normalized spacial score (nSPS) is 12.1. The summed E-state index contributed by atoms with van der Waals surface area (Å²) in [5.74, 6) is -1.36. The van der Waals surface area contributed by atoms with Crippen LogP contribution in [-0.2, 0) is 25.4 Å². The van der Waals surface area contributed by atoms with Crippen molar-refractivity contribution in [2.24, 2.45) is 0 Å². The van der Waals surface area contributed by atoms with Gasteiger partial charge in [-0.15, -0.1) is 11.3 Å². The van der Waals surface area contributed by atoms with E-state index in [-0.39, 0.29) is 14.9 Å². The highest BCUT2D eigenvalue weighted by Gasteiger charge is 2.27. The van der Waals surface area contributed by atoms with Crippen LogP contribution in [0.3, 0.4) is 0 Å². The molecule has 0 spiro atoms. The number of rotatable bonds is 6. The average Bonchev–Trinajstić information content (AvgIpc) is 3.22. The zero-order valence-corrected chi connectivity index (χ0v) is 19.6. The fraction of sp³-hybridized carbons (Fsp3) is 0.0870. The summed E-state index contributed by atoms with van der Waals surface area (Å²) in [4.78, 5) is 4.70. The van der Waals surface area contributed by atoms with E-state index in [2.05, 4.69) is 4.98 Å². The van der Waals surface area contributed by atoms with E-state index in [1.165, 1.54) is 54.6 Å². The first-order valence-electron chi connectivity index (χ1n) is 9.58. The van der Waals surface area contributed by atoms with Gasteiger partial charge in [-0.25, -0.2) is 30.6 Å². The van der Waals surface area contributed by atoms with Gasteiger partial charge in [-0.2, -0.15) is 0 Å². The molecule has 170 valence electrons. The van der Waals surface area contributed by atoms with E-state index < -0.39 is 37.1 Å². The van der Waals surface area contributed by atoms with Gasteiger partial charge in [0.15, 0.2) is 9.84 Å². The Kier molecular flexibility index (Phi) is 6.17. The van der Waals surface area contributed by atoms with Crippen molar-refractivity contribution >= 4 is 31.0 Å². The maximum Gasteiger partial charge on any atom is 0.210 e. The maximum atomic E-state index is 13.5. The number of sulfone groups is 2. The van der Waals surface area contributed by atoms with Crippen molar-refractivity contribution in [2.75, 3.05) is 6.26 Å². The van der Waals surface area contributed by atoms with E-state index in [1.807, 2.05) is 0 Å². The summed E-state index contributed by atoms with van der Waals surface area (Å²) < 4.78 is 77.5. The molecule has 0 amide bonds. The fourth-order valence-electron chi connectivity index (χ4n) is 3.26. The lowest BCUT2D eigenvalue weighted by molar-refractivity contribution is 0.593. The quantitative estimate of drug-likeness (QED) is 0.363. The molecule has 0 bridgehead atoms. The van der Waals surface area contributed by atoms with Crippen molar-refractivity contribution in [3.8, 4) is 21.7 Å². The number of nitrogens with zero attached hydrogens (tertiary/aromatic N) is 1. The lowest BCUT2D eigenvalue weighted by Crippen LogP contribution is -2.04. The standard InChI is InChI=1S/C23H17F2NO4S3/c1-32(27,28)20-5-3-2-4-19(20)22-21(16-8-12-18(25)13-9-16)26-23(31-22)33(29,30)14-15-6-10-17(24)11-7-15/h2-13H,14H2,1H3. The number of aromatic nitrogens is 1. The first-order valence-corrected chi connectivity index (χ1v) is 13.9. The third-order valence-corrected chi connectivity index (χ3v) is 9.18. The Morgan fingerprint density at radius 2 is 1.39 bits per heavy atom. The van der Waals surface area contributed by atoms with E-state index in [4.69, 9.17) is 0 Å². The molecule has 0 radical (unpaired) electrons. The summed E-state index contributed by atoms with van der Waals surface area (Å²) in [6, 6.07) is 16.7. The van der Waals surface area contributed by atoms with Crippen LogP contribution in [0, 0.1) is 11.6 Å². The minimum absolute atomic E-state index is 0.0273. The molecule has 5 nitrogen and oxygen atoms in total. The largest absolute Gasteiger partial charge is 0.224 e. The van der Waals surface area contributed by atoms with Crippen molar-refractivity contribution in [3.63, 3.8) is 0 Å². The second-order valence-electron chi connectivity index (χ2n) is 7.32. The highest BCUT2D eigenvalue weighted by Crippen LogP contribution is 2.41. The Balaban J connectivity index is 1.90. The van der Waals surface area contributed by atoms with Crippen LogP contribution in [0.15, 0.2) is 82.0 Å². The summed E-state index contributed by atoms with van der Waals surface area (Å²) in [5, 5.41) is 0. The molecular formula is C23H17F2NO4S3. The minimum atomic E-state index is -3.94. The molecule has 0 aliphatic rings. The minimum Gasteiger partial charge on any atom is -0.224 e. The van der Waals surface area contributed by atoms with Gasteiger partial charge < -0.3 is 0 Å². The number of halogens is 2. The Hall–Kier alpha value is -2.95. The van der Waals surface area contributed by atoms with Crippen molar-refractivity contribution in [1.29, 1.82) is 0 Å². The van der Waals surface area contributed by atoms with E-state index in [9.17, 15) is 25.6 Å². The fourth-order valence-corrected chi connectivity index (χ4v) is 7.00. The van der Waals surface area contributed by atoms with Crippen LogP contribution in [0.1, 0.15) is 5.56 Å². The number of hydrogen-bond acceptors (Lipinski definition) is 6. The monoisotopic (exact) mass is 505 g/mol. The van der Waals surface area contributed by atoms with Crippen LogP contribution in [-0.4, -0.2) is 28.1 Å². The molecule has 33 heavy (non-hydrogen) atoms. The molecule has 0 N–H and O–H groups in total. The summed E-state index contributed by atoms with van der Waals surface area (Å²) in [6.45, 7) is 0. The summed E-state index contributed by atoms with van der Waals surface area (Å²) in [6.07, 6.45) is 1.07. The second kappa shape index (κ2) is 8.77. The summed E-state index contributed by atoms with van der Waals surface area (Å²) in [5.41, 5.74) is 1.36. The third-order valence-electron chi connectivity index (χ3n) is 4.79. The molecule has 1 aromatic heterocycles.